The van der Waals surface area contributed by atoms with Crippen LogP contribution < -0.4 is 9.64 Å². The van der Waals surface area contributed by atoms with Crippen molar-refractivity contribution in [1.29, 1.82) is 0 Å². The van der Waals surface area contributed by atoms with Gasteiger partial charge in [-0.3, -0.25) is 9.79 Å². The van der Waals surface area contributed by atoms with Gasteiger partial charge in [0, 0.05) is 44.5 Å². The number of piperazine rings is 1. The van der Waals surface area contributed by atoms with Gasteiger partial charge in [-0.1, -0.05) is 12.1 Å². The molecule has 1 heterocycles. The molecule has 0 aromatic heterocycles. The molecule has 2 aromatic carbocycles. The maximum Gasteiger partial charge on any atom is 0.407 e. The highest BCUT2D eigenvalue weighted by Gasteiger charge is 2.20. The Balaban J connectivity index is 1.65. The number of esters is 1. The van der Waals surface area contributed by atoms with Crippen LogP contribution in [0.25, 0.3) is 0 Å². The summed E-state index contributed by atoms with van der Waals surface area (Å²) < 4.78 is 5.02. The molecule has 3 rings (SSSR count). The second-order valence-corrected chi connectivity index (χ2v) is 6.59. The summed E-state index contributed by atoms with van der Waals surface area (Å²) in [7, 11) is 0. The van der Waals surface area contributed by atoms with E-state index in [-0.39, 0.29) is 5.97 Å². The number of carboxylic acid groups (broad SMARTS) is 1. The van der Waals surface area contributed by atoms with Gasteiger partial charge in [0.05, 0.1) is 5.69 Å². The Bertz CT molecular complexity index is 868. The Hall–Kier alpha value is -3.35. The number of rotatable bonds is 4. The van der Waals surface area contributed by atoms with Gasteiger partial charge in [0.15, 0.2) is 0 Å². The molecular formula is C21H23N3O4. The smallest absolute Gasteiger partial charge is 0.407 e. The lowest BCUT2D eigenvalue weighted by Crippen LogP contribution is -2.48. The Kier molecular flexibility index (Phi) is 5.93. The number of ether oxygens (including phenoxy) is 1. The van der Waals surface area contributed by atoms with Crippen molar-refractivity contribution in [3.8, 4) is 5.75 Å². The van der Waals surface area contributed by atoms with Crippen LogP contribution in [-0.2, 0) is 4.79 Å². The predicted molar refractivity (Wildman–Crippen MR) is 108 cm³/mol. The first-order valence-corrected chi connectivity index (χ1v) is 9.09. The van der Waals surface area contributed by atoms with Crippen LogP contribution in [0.5, 0.6) is 5.75 Å². The monoisotopic (exact) mass is 381 g/mol. The molecule has 1 N–H and O–H groups in total. The quantitative estimate of drug-likeness (QED) is 0.497. The summed E-state index contributed by atoms with van der Waals surface area (Å²) in [6.07, 6.45) is -0.859. The molecule has 0 unspecified atom stereocenters. The van der Waals surface area contributed by atoms with Crippen molar-refractivity contribution in [2.24, 2.45) is 4.99 Å². The normalized spacial score (nSPS) is 14.7. The summed E-state index contributed by atoms with van der Waals surface area (Å²) in [5.41, 5.74) is 3.74. The number of benzene rings is 2. The van der Waals surface area contributed by atoms with E-state index in [0.717, 1.165) is 22.6 Å². The first-order chi connectivity index (χ1) is 13.4. The number of hydrogen-bond acceptors (Lipinski definition) is 5. The van der Waals surface area contributed by atoms with Gasteiger partial charge in [0.1, 0.15) is 5.75 Å². The SMILES string of the molecule is CC(=O)Oc1ccc(N=C(C)c2ccc(N3CCN(C(=O)O)CC3)cc2)cc1. The highest BCUT2D eigenvalue weighted by atomic mass is 16.5. The van der Waals surface area contributed by atoms with E-state index in [1.165, 1.54) is 11.8 Å². The van der Waals surface area contributed by atoms with Crippen molar-refractivity contribution < 1.29 is 19.4 Å². The Morgan fingerprint density at radius 1 is 0.929 bits per heavy atom. The van der Waals surface area contributed by atoms with E-state index in [0.29, 0.717) is 31.9 Å². The molecular weight excluding hydrogens is 358 g/mol. The molecule has 0 spiro atoms. The van der Waals surface area contributed by atoms with Crippen LogP contribution in [0.3, 0.4) is 0 Å². The van der Waals surface area contributed by atoms with Crippen molar-refractivity contribution in [1.82, 2.24) is 4.90 Å². The van der Waals surface area contributed by atoms with Gasteiger partial charge in [-0.15, -0.1) is 0 Å². The lowest BCUT2D eigenvalue weighted by Gasteiger charge is -2.34. The fraction of sp³-hybridized carbons (Fsp3) is 0.286. The molecule has 7 nitrogen and oxygen atoms in total. The zero-order valence-corrected chi connectivity index (χ0v) is 16.0. The third-order valence-corrected chi connectivity index (χ3v) is 4.60. The Labute approximate surface area is 163 Å². The highest BCUT2D eigenvalue weighted by molar-refractivity contribution is 6.00. The largest absolute Gasteiger partial charge is 0.465 e. The second kappa shape index (κ2) is 8.56. The van der Waals surface area contributed by atoms with E-state index >= 15 is 0 Å². The first-order valence-electron chi connectivity index (χ1n) is 9.09. The minimum Gasteiger partial charge on any atom is -0.465 e. The van der Waals surface area contributed by atoms with Gasteiger partial charge in [-0.2, -0.15) is 0 Å². The molecule has 1 fully saturated rings. The molecule has 1 amide bonds. The standard InChI is InChI=1S/C21H23N3O4/c1-15(22-18-5-9-20(10-6-18)28-16(2)25)17-3-7-19(8-4-17)23-11-13-24(14-12-23)21(26)27/h3-10H,11-14H2,1-2H3,(H,26,27). The van der Waals surface area contributed by atoms with Gasteiger partial charge in [0.25, 0.3) is 0 Å². The lowest BCUT2D eigenvalue weighted by molar-refractivity contribution is -0.131. The minimum atomic E-state index is -0.859. The molecule has 0 bridgehead atoms. The third-order valence-electron chi connectivity index (χ3n) is 4.60. The summed E-state index contributed by atoms with van der Waals surface area (Å²) in [6, 6.07) is 15.1. The summed E-state index contributed by atoms with van der Waals surface area (Å²) in [4.78, 5) is 30.2. The number of carbonyl (C=O) groups excluding carboxylic acids is 1. The molecule has 0 saturated carbocycles. The van der Waals surface area contributed by atoms with Crippen molar-refractivity contribution in [3.05, 3.63) is 54.1 Å². The minimum absolute atomic E-state index is 0.350. The molecule has 2 aromatic rings. The molecule has 0 radical (unpaired) electrons. The number of carbonyl (C=O) groups is 2. The number of aliphatic imine (C=N–C) groups is 1. The topological polar surface area (TPSA) is 82.4 Å². The number of hydrogen-bond donors (Lipinski definition) is 1. The Morgan fingerprint density at radius 2 is 1.54 bits per heavy atom. The molecule has 1 saturated heterocycles. The third kappa shape index (κ3) is 4.88. The van der Waals surface area contributed by atoms with Crippen molar-refractivity contribution in [3.63, 3.8) is 0 Å². The van der Waals surface area contributed by atoms with Crippen molar-refractivity contribution in [2.45, 2.75) is 13.8 Å². The van der Waals surface area contributed by atoms with Gasteiger partial charge in [-0.05, 0) is 48.9 Å². The van der Waals surface area contributed by atoms with Crippen molar-refractivity contribution >= 4 is 29.1 Å². The lowest BCUT2D eigenvalue weighted by atomic mass is 10.1. The second-order valence-electron chi connectivity index (χ2n) is 6.59. The van der Waals surface area contributed by atoms with E-state index in [2.05, 4.69) is 9.89 Å². The first kappa shape index (κ1) is 19.4. The van der Waals surface area contributed by atoms with Crippen LogP contribution >= 0.6 is 0 Å². The van der Waals surface area contributed by atoms with E-state index in [4.69, 9.17) is 9.84 Å². The van der Waals surface area contributed by atoms with Crippen LogP contribution in [0.1, 0.15) is 19.4 Å². The molecule has 0 atom stereocenters. The average molecular weight is 381 g/mol. The van der Waals surface area contributed by atoms with Crippen LogP contribution in [0.15, 0.2) is 53.5 Å². The fourth-order valence-corrected chi connectivity index (χ4v) is 3.08. The van der Waals surface area contributed by atoms with E-state index < -0.39 is 6.09 Å². The zero-order chi connectivity index (χ0) is 20.1. The van der Waals surface area contributed by atoms with Gasteiger partial charge in [0.2, 0.25) is 0 Å². The fourth-order valence-electron chi connectivity index (χ4n) is 3.08. The summed E-state index contributed by atoms with van der Waals surface area (Å²) in [5, 5.41) is 9.04. The van der Waals surface area contributed by atoms with Crippen LogP contribution in [0, 0.1) is 0 Å². The molecule has 1 aliphatic rings. The summed E-state index contributed by atoms with van der Waals surface area (Å²) in [6.45, 7) is 5.72. The van der Waals surface area contributed by atoms with Gasteiger partial charge >= 0.3 is 12.1 Å². The van der Waals surface area contributed by atoms with Crippen LogP contribution in [-0.4, -0.2) is 54.0 Å². The molecule has 0 aliphatic carbocycles. The van der Waals surface area contributed by atoms with Gasteiger partial charge < -0.3 is 19.6 Å². The summed E-state index contributed by atoms with van der Waals surface area (Å²) in [5.74, 6) is 0.147. The predicted octanol–water partition coefficient (Wildman–Crippen LogP) is 3.55. The maximum absolute atomic E-state index is 11.0. The van der Waals surface area contributed by atoms with Crippen molar-refractivity contribution in [2.75, 3.05) is 31.1 Å². The molecule has 7 heteroatoms. The van der Waals surface area contributed by atoms with Crippen LogP contribution in [0.2, 0.25) is 0 Å². The maximum atomic E-state index is 11.0. The Morgan fingerprint density at radius 3 is 2.07 bits per heavy atom. The molecule has 28 heavy (non-hydrogen) atoms. The van der Waals surface area contributed by atoms with E-state index in [1.807, 2.05) is 31.2 Å². The van der Waals surface area contributed by atoms with Gasteiger partial charge in [-0.25, -0.2) is 4.79 Å². The van der Waals surface area contributed by atoms with Crippen LogP contribution in [0.4, 0.5) is 16.2 Å². The van der Waals surface area contributed by atoms with E-state index in [1.54, 1.807) is 24.3 Å². The number of anilines is 1. The highest BCUT2D eigenvalue weighted by Crippen LogP contribution is 2.21. The van der Waals surface area contributed by atoms with E-state index in [9.17, 15) is 9.59 Å². The zero-order valence-electron chi connectivity index (χ0n) is 16.0. The molecule has 1 aliphatic heterocycles. The average Bonchev–Trinajstić information content (AvgIpc) is 2.69. The summed E-state index contributed by atoms with van der Waals surface area (Å²) >= 11 is 0. The number of nitrogens with zero attached hydrogens (tertiary/aromatic N) is 3. The molecule has 146 valence electrons. The number of amides is 1.